The number of carbonyl (C=O) groups is 1. The van der Waals surface area contributed by atoms with E-state index in [9.17, 15) is 9.18 Å². The maximum absolute atomic E-state index is 13.9. The van der Waals surface area contributed by atoms with Crippen LogP contribution < -0.4 is 10.1 Å². The van der Waals surface area contributed by atoms with Crippen molar-refractivity contribution in [2.45, 2.75) is 38.5 Å². The molecule has 0 saturated heterocycles. The Morgan fingerprint density at radius 2 is 1.88 bits per heavy atom. The molecule has 0 radical (unpaired) electrons. The Labute approximate surface area is 187 Å². The standard InChI is InChI=1S/C26H28FN3O2/c1-15(26(31)30-21-4-6-25(32-2)29-14-21)16-9-17-11-19(12-18(17)10-16)22-7-8-28-24-5-3-20(27)13-23(22)24/h3-8,13-19H,9-12H2,1-2H3,(H,30,31)/t15?,16?,17-,18+,19?. The summed E-state index contributed by atoms with van der Waals surface area (Å²) in [4.78, 5) is 21.4. The number of amides is 1. The van der Waals surface area contributed by atoms with Crippen LogP contribution in [0.25, 0.3) is 10.9 Å². The Balaban J connectivity index is 1.23. The summed E-state index contributed by atoms with van der Waals surface area (Å²) >= 11 is 0. The van der Waals surface area contributed by atoms with Crippen LogP contribution >= 0.6 is 0 Å². The molecule has 0 spiro atoms. The Morgan fingerprint density at radius 1 is 1.09 bits per heavy atom. The molecular formula is C26H28FN3O2. The first-order valence-electron chi connectivity index (χ1n) is 11.4. The van der Waals surface area contributed by atoms with Gasteiger partial charge in [-0.15, -0.1) is 0 Å². The highest BCUT2D eigenvalue weighted by molar-refractivity contribution is 5.92. The summed E-state index contributed by atoms with van der Waals surface area (Å²) in [6, 6.07) is 10.5. The average Bonchev–Trinajstić information content (AvgIpc) is 3.38. The van der Waals surface area contributed by atoms with Gasteiger partial charge in [0.25, 0.3) is 0 Å². The van der Waals surface area contributed by atoms with Gasteiger partial charge >= 0.3 is 0 Å². The van der Waals surface area contributed by atoms with Gasteiger partial charge in [0, 0.05) is 23.6 Å². The molecule has 0 aliphatic heterocycles. The van der Waals surface area contributed by atoms with E-state index >= 15 is 0 Å². The second-order valence-corrected chi connectivity index (χ2v) is 9.35. The molecule has 2 aliphatic carbocycles. The molecule has 166 valence electrons. The molecule has 5 atom stereocenters. The van der Waals surface area contributed by atoms with Crippen LogP contribution in [0.3, 0.4) is 0 Å². The van der Waals surface area contributed by atoms with Crippen LogP contribution in [0.1, 0.15) is 44.1 Å². The summed E-state index contributed by atoms with van der Waals surface area (Å²) in [5, 5.41) is 3.94. The lowest BCUT2D eigenvalue weighted by molar-refractivity contribution is -0.120. The van der Waals surface area contributed by atoms with Crippen LogP contribution in [0.2, 0.25) is 0 Å². The van der Waals surface area contributed by atoms with Crippen molar-refractivity contribution in [2.24, 2.45) is 23.7 Å². The zero-order chi connectivity index (χ0) is 22.2. The van der Waals surface area contributed by atoms with Crippen LogP contribution in [0, 0.1) is 29.5 Å². The summed E-state index contributed by atoms with van der Waals surface area (Å²) in [7, 11) is 1.57. The fourth-order valence-corrected chi connectivity index (χ4v) is 5.87. The predicted molar refractivity (Wildman–Crippen MR) is 122 cm³/mol. The zero-order valence-electron chi connectivity index (χ0n) is 18.4. The number of pyridine rings is 2. The maximum Gasteiger partial charge on any atom is 0.227 e. The van der Waals surface area contributed by atoms with Crippen molar-refractivity contribution < 1.29 is 13.9 Å². The highest BCUT2D eigenvalue weighted by atomic mass is 19.1. The molecule has 2 fully saturated rings. The van der Waals surface area contributed by atoms with Crippen molar-refractivity contribution in [3.8, 4) is 5.88 Å². The van der Waals surface area contributed by atoms with Gasteiger partial charge in [0.1, 0.15) is 5.82 Å². The molecule has 5 nitrogen and oxygen atoms in total. The smallest absolute Gasteiger partial charge is 0.227 e. The minimum absolute atomic E-state index is 0.0444. The van der Waals surface area contributed by atoms with Gasteiger partial charge in [-0.25, -0.2) is 9.37 Å². The molecule has 6 heteroatoms. The summed E-state index contributed by atoms with van der Waals surface area (Å²) in [6.45, 7) is 2.04. The van der Waals surface area contributed by atoms with Gasteiger partial charge in [0.2, 0.25) is 11.8 Å². The van der Waals surface area contributed by atoms with E-state index in [-0.39, 0.29) is 17.6 Å². The molecule has 2 saturated carbocycles. The third kappa shape index (κ3) is 3.94. The second-order valence-electron chi connectivity index (χ2n) is 9.35. The Kier molecular flexibility index (Phi) is 5.53. The number of hydrogen-bond acceptors (Lipinski definition) is 4. The number of halogens is 1. The third-order valence-electron chi connectivity index (χ3n) is 7.56. The lowest BCUT2D eigenvalue weighted by atomic mass is 9.86. The molecule has 3 aromatic rings. The number of ether oxygens (including phenoxy) is 1. The third-order valence-corrected chi connectivity index (χ3v) is 7.56. The van der Waals surface area contributed by atoms with Crippen LogP contribution in [-0.4, -0.2) is 23.0 Å². The van der Waals surface area contributed by atoms with Gasteiger partial charge in [-0.1, -0.05) is 6.92 Å². The van der Waals surface area contributed by atoms with E-state index in [0.717, 1.165) is 36.6 Å². The normalized spacial score (nSPS) is 25.5. The number of carbonyl (C=O) groups excluding carboxylic acids is 1. The van der Waals surface area contributed by atoms with Crippen molar-refractivity contribution in [1.29, 1.82) is 0 Å². The highest BCUT2D eigenvalue weighted by Crippen LogP contribution is 2.54. The van der Waals surface area contributed by atoms with Crippen molar-refractivity contribution >= 4 is 22.5 Å². The molecule has 32 heavy (non-hydrogen) atoms. The number of rotatable bonds is 5. The molecule has 5 rings (SSSR count). The number of benzene rings is 1. The van der Waals surface area contributed by atoms with Crippen molar-refractivity contribution in [1.82, 2.24) is 9.97 Å². The summed E-state index contributed by atoms with van der Waals surface area (Å²) in [6.07, 6.45) is 7.83. The lowest BCUT2D eigenvalue weighted by Crippen LogP contribution is -2.26. The number of methoxy groups -OCH3 is 1. The molecule has 1 N–H and O–H groups in total. The molecule has 1 amide bonds. The largest absolute Gasteiger partial charge is 0.481 e. The average molecular weight is 434 g/mol. The van der Waals surface area contributed by atoms with Crippen LogP contribution in [0.15, 0.2) is 48.8 Å². The van der Waals surface area contributed by atoms with Crippen LogP contribution in [-0.2, 0) is 4.79 Å². The van der Waals surface area contributed by atoms with Crippen molar-refractivity contribution in [2.75, 3.05) is 12.4 Å². The number of nitrogens with zero attached hydrogens (tertiary/aromatic N) is 2. The number of nitrogens with one attached hydrogen (secondary N) is 1. The fraction of sp³-hybridized carbons (Fsp3) is 0.423. The molecule has 0 bridgehead atoms. The fourth-order valence-electron chi connectivity index (χ4n) is 5.87. The SMILES string of the molecule is COc1ccc(NC(=O)C(C)C2C[C@H]3CC(c4ccnc5ccc(F)cc45)C[C@H]3C2)cn1. The second kappa shape index (κ2) is 8.49. The van der Waals surface area contributed by atoms with Crippen LogP contribution in [0.5, 0.6) is 5.88 Å². The summed E-state index contributed by atoms with van der Waals surface area (Å²) in [5.41, 5.74) is 2.77. The monoisotopic (exact) mass is 433 g/mol. The molecular weight excluding hydrogens is 405 g/mol. The zero-order valence-corrected chi connectivity index (χ0v) is 18.4. The van der Waals surface area contributed by atoms with E-state index in [1.807, 2.05) is 19.2 Å². The number of fused-ring (bicyclic) bond motifs is 2. The molecule has 2 aromatic heterocycles. The molecule has 3 unspecified atom stereocenters. The van der Waals surface area contributed by atoms with Crippen LogP contribution in [0.4, 0.5) is 10.1 Å². The lowest BCUT2D eigenvalue weighted by Gasteiger charge is -2.21. The van der Waals surface area contributed by atoms with Gasteiger partial charge in [-0.3, -0.25) is 9.78 Å². The van der Waals surface area contributed by atoms with E-state index < -0.39 is 0 Å². The highest BCUT2D eigenvalue weighted by Gasteiger charge is 2.44. The van der Waals surface area contributed by atoms with Gasteiger partial charge < -0.3 is 10.1 Å². The molecule has 2 aliphatic rings. The van der Waals surface area contributed by atoms with Gasteiger partial charge in [-0.05, 0) is 85.3 Å². The number of hydrogen-bond donors (Lipinski definition) is 1. The molecule has 1 aromatic carbocycles. The molecule has 2 heterocycles. The minimum atomic E-state index is -0.211. The van der Waals surface area contributed by atoms with Gasteiger partial charge in [0.15, 0.2) is 0 Å². The van der Waals surface area contributed by atoms with Gasteiger partial charge in [-0.2, -0.15) is 0 Å². The summed E-state index contributed by atoms with van der Waals surface area (Å²) < 4.78 is 18.9. The van der Waals surface area contributed by atoms with E-state index in [4.69, 9.17) is 4.74 Å². The Morgan fingerprint density at radius 3 is 2.56 bits per heavy atom. The minimum Gasteiger partial charge on any atom is -0.481 e. The first kappa shape index (κ1) is 20.9. The topological polar surface area (TPSA) is 64.1 Å². The van der Waals surface area contributed by atoms with E-state index in [0.29, 0.717) is 35.2 Å². The number of aromatic nitrogens is 2. The quantitative estimate of drug-likeness (QED) is 0.571. The van der Waals surface area contributed by atoms with Crippen molar-refractivity contribution in [3.63, 3.8) is 0 Å². The van der Waals surface area contributed by atoms with Crippen molar-refractivity contribution in [3.05, 3.63) is 60.2 Å². The Hall–Kier alpha value is -3.02. The summed E-state index contributed by atoms with van der Waals surface area (Å²) in [5.74, 6) is 2.40. The first-order chi connectivity index (χ1) is 15.5. The van der Waals surface area contributed by atoms with Gasteiger partial charge in [0.05, 0.1) is 24.5 Å². The van der Waals surface area contributed by atoms with E-state index in [1.165, 1.54) is 11.6 Å². The van der Waals surface area contributed by atoms with E-state index in [2.05, 4.69) is 21.4 Å². The predicted octanol–water partition coefficient (Wildman–Crippen LogP) is 5.57. The Bertz CT molecular complexity index is 1120. The first-order valence-corrected chi connectivity index (χ1v) is 11.4. The maximum atomic E-state index is 13.9. The number of anilines is 1. The van der Waals surface area contributed by atoms with E-state index in [1.54, 1.807) is 31.5 Å².